The molecule has 2 aromatic rings. The smallest absolute Gasteiger partial charge is 0.251 e. The summed E-state index contributed by atoms with van der Waals surface area (Å²) in [5.74, 6) is -0.678. The normalized spacial score (nSPS) is 24.6. The number of benzene rings is 2. The van der Waals surface area contributed by atoms with Crippen molar-refractivity contribution in [1.82, 2.24) is 0 Å². The van der Waals surface area contributed by atoms with Gasteiger partial charge in [-0.3, -0.25) is 4.18 Å². The molecule has 0 saturated carbocycles. The minimum absolute atomic E-state index is 0.0281. The van der Waals surface area contributed by atoms with Crippen molar-refractivity contribution in [2.75, 3.05) is 10.9 Å². The fourth-order valence-corrected chi connectivity index (χ4v) is 5.49. The molecule has 1 saturated heterocycles. The van der Waals surface area contributed by atoms with Crippen LogP contribution >= 0.6 is 27.5 Å². The van der Waals surface area contributed by atoms with E-state index in [0.717, 1.165) is 11.6 Å². The topological polar surface area (TPSA) is 46.6 Å². The standard InChI is InChI=1S/C15H10BrClFNO3S/c16-13-10-7-15(9-4-2-1-3-5-9)8-22-23(20,21)19(15)12(10)6-11(18)14(13)17/h1-6H,7-8H2. The van der Waals surface area contributed by atoms with Crippen LogP contribution in [0.15, 0.2) is 40.9 Å². The van der Waals surface area contributed by atoms with Crippen LogP contribution in [0.2, 0.25) is 5.02 Å². The summed E-state index contributed by atoms with van der Waals surface area (Å²) in [6.45, 7) is -0.0281. The molecule has 0 radical (unpaired) electrons. The molecule has 2 aromatic carbocycles. The summed E-state index contributed by atoms with van der Waals surface area (Å²) >= 11 is 9.25. The molecule has 4 nitrogen and oxygen atoms in total. The molecule has 4 rings (SSSR count). The summed E-state index contributed by atoms with van der Waals surface area (Å²) in [7, 11) is -3.99. The molecule has 0 aromatic heterocycles. The van der Waals surface area contributed by atoms with E-state index in [0.29, 0.717) is 16.5 Å². The maximum atomic E-state index is 14.0. The van der Waals surface area contributed by atoms with Crippen molar-refractivity contribution in [1.29, 1.82) is 0 Å². The molecular weight excluding hydrogens is 409 g/mol. The molecule has 8 heteroatoms. The van der Waals surface area contributed by atoms with E-state index in [-0.39, 0.29) is 17.3 Å². The Balaban J connectivity index is 2.02. The van der Waals surface area contributed by atoms with E-state index >= 15 is 0 Å². The van der Waals surface area contributed by atoms with Gasteiger partial charge in [-0.1, -0.05) is 41.9 Å². The van der Waals surface area contributed by atoms with Crippen molar-refractivity contribution < 1.29 is 17.0 Å². The Kier molecular flexibility index (Phi) is 3.29. The van der Waals surface area contributed by atoms with E-state index in [1.54, 1.807) is 0 Å². The SMILES string of the molecule is O=S1(=O)OCC2(c3ccccc3)Cc3c(cc(F)c(Cl)c3Br)N21. The minimum Gasteiger partial charge on any atom is -0.251 e. The van der Waals surface area contributed by atoms with Crippen LogP contribution in [0.25, 0.3) is 0 Å². The summed E-state index contributed by atoms with van der Waals surface area (Å²) in [6, 6.07) is 10.4. The lowest BCUT2D eigenvalue weighted by atomic mass is 9.88. The average molecular weight is 419 g/mol. The highest BCUT2D eigenvalue weighted by molar-refractivity contribution is 9.10. The number of fused-ring (bicyclic) bond motifs is 3. The van der Waals surface area contributed by atoms with Crippen molar-refractivity contribution in [3.63, 3.8) is 0 Å². The number of hydrogen-bond donors (Lipinski definition) is 0. The van der Waals surface area contributed by atoms with Gasteiger partial charge in [0.05, 0.1) is 17.3 Å². The number of nitrogens with zero attached hydrogens (tertiary/aromatic N) is 1. The zero-order valence-electron chi connectivity index (χ0n) is 11.6. The highest BCUT2D eigenvalue weighted by Gasteiger charge is 2.57. The lowest BCUT2D eigenvalue weighted by Crippen LogP contribution is -2.42. The number of anilines is 1. The monoisotopic (exact) mass is 417 g/mol. The zero-order valence-corrected chi connectivity index (χ0v) is 14.8. The van der Waals surface area contributed by atoms with Gasteiger partial charge in [0.25, 0.3) is 0 Å². The summed E-state index contributed by atoms with van der Waals surface area (Å²) in [5.41, 5.74) is 0.801. The van der Waals surface area contributed by atoms with Gasteiger partial charge in [-0.05, 0) is 27.1 Å². The van der Waals surface area contributed by atoms with Crippen molar-refractivity contribution in [2.24, 2.45) is 0 Å². The first-order chi connectivity index (χ1) is 10.9. The van der Waals surface area contributed by atoms with Gasteiger partial charge in [0.2, 0.25) is 0 Å². The van der Waals surface area contributed by atoms with Gasteiger partial charge in [-0.2, -0.15) is 8.42 Å². The molecule has 0 aliphatic carbocycles. The second-order valence-electron chi connectivity index (χ2n) is 5.54. The van der Waals surface area contributed by atoms with E-state index in [4.69, 9.17) is 15.8 Å². The summed E-state index contributed by atoms with van der Waals surface area (Å²) in [5, 5.41) is -0.0496. The maximum absolute atomic E-state index is 14.0. The molecule has 120 valence electrons. The van der Waals surface area contributed by atoms with Crippen LogP contribution < -0.4 is 4.31 Å². The van der Waals surface area contributed by atoms with Crippen molar-refractivity contribution in [3.8, 4) is 0 Å². The lowest BCUT2D eigenvalue weighted by molar-refractivity contribution is 0.283. The Labute approximate surface area is 146 Å². The fraction of sp³-hybridized carbons (Fsp3) is 0.200. The van der Waals surface area contributed by atoms with Crippen LogP contribution in [0.3, 0.4) is 0 Å². The molecule has 2 aliphatic rings. The Morgan fingerprint density at radius 1 is 1.30 bits per heavy atom. The van der Waals surface area contributed by atoms with Gasteiger partial charge in [-0.25, -0.2) is 8.70 Å². The molecule has 2 aliphatic heterocycles. The fourth-order valence-electron chi connectivity index (χ4n) is 3.28. The predicted molar refractivity (Wildman–Crippen MR) is 88.3 cm³/mol. The Hall–Kier alpha value is -1.15. The van der Waals surface area contributed by atoms with Gasteiger partial charge in [-0.15, -0.1) is 0 Å². The van der Waals surface area contributed by atoms with Gasteiger partial charge in [0.1, 0.15) is 11.4 Å². The molecule has 0 bridgehead atoms. The Bertz CT molecular complexity index is 922. The number of hydrogen-bond acceptors (Lipinski definition) is 3. The zero-order chi connectivity index (χ0) is 16.4. The first-order valence-corrected chi connectivity index (χ1v) is 9.32. The van der Waals surface area contributed by atoms with E-state index < -0.39 is 21.7 Å². The van der Waals surface area contributed by atoms with Crippen molar-refractivity contribution >= 4 is 43.5 Å². The van der Waals surface area contributed by atoms with Crippen LogP contribution in [0.4, 0.5) is 10.1 Å². The van der Waals surface area contributed by atoms with Crippen LogP contribution in [-0.2, 0) is 26.4 Å². The first-order valence-electron chi connectivity index (χ1n) is 6.78. The molecule has 1 atom stereocenters. The van der Waals surface area contributed by atoms with E-state index in [2.05, 4.69) is 15.9 Å². The minimum atomic E-state index is -3.99. The second kappa shape index (κ2) is 4.92. The van der Waals surface area contributed by atoms with Gasteiger partial charge >= 0.3 is 10.3 Å². The van der Waals surface area contributed by atoms with Gasteiger partial charge < -0.3 is 0 Å². The van der Waals surface area contributed by atoms with E-state index in [1.165, 1.54) is 4.31 Å². The summed E-state index contributed by atoms with van der Waals surface area (Å²) in [4.78, 5) is 0. The highest BCUT2D eigenvalue weighted by Crippen LogP contribution is 2.54. The maximum Gasteiger partial charge on any atom is 0.363 e. The van der Waals surface area contributed by atoms with Crippen molar-refractivity contribution in [3.05, 3.63) is 62.8 Å². The average Bonchev–Trinajstić information content (AvgIpc) is 3.01. The number of halogens is 3. The van der Waals surface area contributed by atoms with Gasteiger partial charge in [0, 0.05) is 17.0 Å². The largest absolute Gasteiger partial charge is 0.363 e. The molecule has 1 unspecified atom stereocenters. The third kappa shape index (κ3) is 2.00. The molecule has 23 heavy (non-hydrogen) atoms. The molecule has 2 heterocycles. The molecule has 0 spiro atoms. The Morgan fingerprint density at radius 2 is 2.00 bits per heavy atom. The lowest BCUT2D eigenvalue weighted by Gasteiger charge is -2.29. The highest BCUT2D eigenvalue weighted by atomic mass is 79.9. The van der Waals surface area contributed by atoms with Crippen LogP contribution in [0.5, 0.6) is 0 Å². The summed E-state index contributed by atoms with van der Waals surface area (Å²) < 4.78 is 45.5. The Morgan fingerprint density at radius 3 is 2.70 bits per heavy atom. The summed E-state index contributed by atoms with van der Waals surface area (Å²) in [6.07, 6.45) is 0.353. The van der Waals surface area contributed by atoms with Crippen LogP contribution in [0.1, 0.15) is 11.1 Å². The molecular formula is C15H10BrClFNO3S. The molecule has 0 amide bonds. The third-order valence-electron chi connectivity index (χ3n) is 4.30. The predicted octanol–water partition coefficient (Wildman–Crippen LogP) is 3.77. The van der Waals surface area contributed by atoms with Gasteiger partial charge in [0.15, 0.2) is 0 Å². The van der Waals surface area contributed by atoms with Crippen molar-refractivity contribution in [2.45, 2.75) is 12.0 Å². The van der Waals surface area contributed by atoms with E-state index in [1.807, 2.05) is 30.3 Å². The van der Waals surface area contributed by atoms with E-state index in [9.17, 15) is 12.8 Å². The van der Waals surface area contributed by atoms with Crippen LogP contribution in [-0.4, -0.2) is 15.0 Å². The number of rotatable bonds is 1. The van der Waals surface area contributed by atoms with Crippen LogP contribution in [0, 0.1) is 5.82 Å². The second-order valence-corrected chi connectivity index (χ2v) is 8.17. The quantitative estimate of drug-likeness (QED) is 0.662. The molecule has 1 fully saturated rings. The first kappa shape index (κ1) is 15.4. The molecule has 0 N–H and O–H groups in total. The third-order valence-corrected chi connectivity index (χ3v) is 7.18.